The van der Waals surface area contributed by atoms with Crippen molar-refractivity contribution >= 4 is 19.8 Å². The van der Waals surface area contributed by atoms with Crippen LogP contribution in [0.5, 0.6) is 0 Å². The fourth-order valence-electron chi connectivity index (χ4n) is 6.23. The summed E-state index contributed by atoms with van der Waals surface area (Å²) < 4.78 is 33.4. The second-order valence-electron chi connectivity index (χ2n) is 15.0. The monoisotopic (exact) mass is 846 g/mol. The third kappa shape index (κ3) is 26.1. The molecule has 1 aliphatic carbocycles. The maximum atomic E-state index is 12.8. The molecule has 0 aliphatic heterocycles. The number of aliphatic hydroxyl groups excluding tert-OH is 6. The maximum absolute atomic E-state index is 12.8. The van der Waals surface area contributed by atoms with Gasteiger partial charge in [0.25, 0.3) is 0 Å². The molecule has 0 saturated heterocycles. The van der Waals surface area contributed by atoms with Crippen molar-refractivity contribution < 1.29 is 68.2 Å². The van der Waals surface area contributed by atoms with Gasteiger partial charge in [0, 0.05) is 12.8 Å². The SMILES string of the molecule is CC/C=C/C/C=C/C=C/C(O)CCCCCCCC(=O)OC[C@H](COP(=O)(O)OC1[C@H](O)[C@H](O)C(O)[C@H](O)[C@H]1O)OC(=O)CCCCCCC/C=C\CCCCCC. The highest BCUT2D eigenvalue weighted by molar-refractivity contribution is 7.47. The van der Waals surface area contributed by atoms with Crippen LogP contribution >= 0.6 is 7.82 Å². The van der Waals surface area contributed by atoms with Gasteiger partial charge in [-0.1, -0.05) is 127 Å². The molecule has 1 fully saturated rings. The lowest BCUT2D eigenvalue weighted by Crippen LogP contribution is -2.64. The van der Waals surface area contributed by atoms with Crippen LogP contribution in [0, 0.1) is 0 Å². The van der Waals surface area contributed by atoms with Crippen molar-refractivity contribution in [3.05, 3.63) is 48.6 Å². The number of hydrogen-bond acceptors (Lipinski definition) is 13. The lowest BCUT2D eigenvalue weighted by atomic mass is 9.85. The Morgan fingerprint density at radius 3 is 1.81 bits per heavy atom. The van der Waals surface area contributed by atoms with Gasteiger partial charge in [-0.05, 0) is 57.8 Å². The van der Waals surface area contributed by atoms with Gasteiger partial charge in [-0.2, -0.15) is 0 Å². The highest BCUT2D eigenvalue weighted by atomic mass is 31.2. The standard InChI is InChI=1S/C43H75O14P/c1-3-5-7-9-11-12-13-14-15-16-18-22-27-31-37(46)56-35(33-55-58(52,53)57-43-41(50)39(48)38(47)40(49)42(43)51)32-54-36(45)30-26-23-19-21-25-29-34(44)28-24-20-17-10-8-6-4-2/h6,8,12-13,17,20,24,28,34-35,38-44,47-51H,3-5,7,9-11,14-16,18-19,21-23,25-27,29-33H2,1-2H3,(H,52,53)/b8-6+,13-12-,20-17+,28-24+/t34?,35-,38?,39-,40+,41-,42-,43?/m1/s1. The van der Waals surface area contributed by atoms with Crippen LogP contribution in [0.2, 0.25) is 0 Å². The van der Waals surface area contributed by atoms with Crippen molar-refractivity contribution in [2.24, 2.45) is 0 Å². The summed E-state index contributed by atoms with van der Waals surface area (Å²) in [5.74, 6) is -1.19. The van der Waals surface area contributed by atoms with E-state index >= 15 is 0 Å². The molecule has 0 aromatic heterocycles. The second kappa shape index (κ2) is 33.5. The van der Waals surface area contributed by atoms with E-state index in [1.807, 2.05) is 18.2 Å². The molecule has 0 spiro atoms. The summed E-state index contributed by atoms with van der Waals surface area (Å²) in [7, 11) is -5.14. The van der Waals surface area contributed by atoms with Crippen molar-refractivity contribution in [1.82, 2.24) is 0 Å². The third-order valence-electron chi connectivity index (χ3n) is 9.76. The van der Waals surface area contributed by atoms with Crippen molar-refractivity contribution in [2.45, 2.75) is 198 Å². The van der Waals surface area contributed by atoms with Crippen LogP contribution in [0.3, 0.4) is 0 Å². The Kier molecular flexibility index (Phi) is 31.1. The predicted molar refractivity (Wildman–Crippen MR) is 222 cm³/mol. The second-order valence-corrected chi connectivity index (χ2v) is 16.4. The lowest BCUT2D eigenvalue weighted by molar-refractivity contribution is -0.220. The van der Waals surface area contributed by atoms with E-state index < -0.39 is 81.8 Å². The molecule has 15 heteroatoms. The number of ether oxygens (including phenoxy) is 2. The molecule has 1 rings (SSSR count). The van der Waals surface area contributed by atoms with Gasteiger partial charge >= 0.3 is 19.8 Å². The summed E-state index contributed by atoms with van der Waals surface area (Å²) in [5, 5.41) is 60.2. The van der Waals surface area contributed by atoms with E-state index in [1.54, 1.807) is 6.08 Å². The van der Waals surface area contributed by atoms with E-state index in [4.69, 9.17) is 18.5 Å². The van der Waals surface area contributed by atoms with Gasteiger partial charge in [0.15, 0.2) is 6.10 Å². The molecular formula is C43H75O14P. The van der Waals surface area contributed by atoms with E-state index in [0.717, 1.165) is 77.0 Å². The molecule has 9 atom stereocenters. The van der Waals surface area contributed by atoms with Crippen LogP contribution < -0.4 is 0 Å². The molecule has 14 nitrogen and oxygen atoms in total. The Morgan fingerprint density at radius 1 is 0.638 bits per heavy atom. The molecule has 0 bridgehead atoms. The minimum absolute atomic E-state index is 0.0647. The molecule has 4 unspecified atom stereocenters. The van der Waals surface area contributed by atoms with Crippen LogP contribution in [-0.2, 0) is 32.7 Å². The zero-order valence-electron chi connectivity index (χ0n) is 34.9. The van der Waals surface area contributed by atoms with Crippen molar-refractivity contribution in [3.8, 4) is 0 Å². The molecule has 0 aromatic carbocycles. The molecule has 0 heterocycles. The molecule has 0 aromatic rings. The minimum Gasteiger partial charge on any atom is -0.462 e. The highest BCUT2D eigenvalue weighted by Gasteiger charge is 2.51. The average molecular weight is 847 g/mol. The number of allylic oxidation sites excluding steroid dienone is 7. The zero-order chi connectivity index (χ0) is 43.0. The molecule has 0 amide bonds. The van der Waals surface area contributed by atoms with E-state index in [9.17, 15) is 49.7 Å². The summed E-state index contributed by atoms with van der Waals surface area (Å²) in [5.41, 5.74) is 0. The number of rotatable bonds is 34. The van der Waals surface area contributed by atoms with Crippen LogP contribution in [0.4, 0.5) is 0 Å². The first-order valence-electron chi connectivity index (χ1n) is 21.5. The van der Waals surface area contributed by atoms with E-state index in [0.29, 0.717) is 19.3 Å². The number of carbonyl (C=O) groups is 2. The Labute approximate surface area is 346 Å². The Hall–Kier alpha value is -2.23. The maximum Gasteiger partial charge on any atom is 0.472 e. The fourth-order valence-corrected chi connectivity index (χ4v) is 7.20. The Balaban J connectivity index is 2.54. The number of unbranched alkanes of at least 4 members (excludes halogenated alkanes) is 13. The molecule has 58 heavy (non-hydrogen) atoms. The van der Waals surface area contributed by atoms with Crippen molar-refractivity contribution in [3.63, 3.8) is 0 Å². The number of hydrogen-bond donors (Lipinski definition) is 7. The van der Waals surface area contributed by atoms with E-state index in [-0.39, 0.29) is 12.8 Å². The van der Waals surface area contributed by atoms with Gasteiger partial charge in [0.1, 0.15) is 43.2 Å². The van der Waals surface area contributed by atoms with Crippen LogP contribution in [0.1, 0.15) is 149 Å². The number of phosphoric ester groups is 1. The number of phosphoric acid groups is 1. The van der Waals surface area contributed by atoms with Crippen molar-refractivity contribution in [1.29, 1.82) is 0 Å². The number of carbonyl (C=O) groups excluding carboxylic acids is 2. The first kappa shape index (κ1) is 53.8. The van der Waals surface area contributed by atoms with Gasteiger partial charge in [0.2, 0.25) is 0 Å². The topological polar surface area (TPSA) is 230 Å². The molecule has 7 N–H and O–H groups in total. The Morgan fingerprint density at radius 2 is 1.19 bits per heavy atom. The molecule has 0 radical (unpaired) electrons. The molecule has 1 saturated carbocycles. The quantitative estimate of drug-likeness (QED) is 0.0119. The summed E-state index contributed by atoms with van der Waals surface area (Å²) in [6.07, 6.45) is 20.5. The van der Waals surface area contributed by atoms with Gasteiger partial charge in [-0.15, -0.1) is 0 Å². The third-order valence-corrected chi connectivity index (χ3v) is 10.7. The Bertz CT molecular complexity index is 1220. The van der Waals surface area contributed by atoms with Gasteiger partial charge in [-0.3, -0.25) is 18.6 Å². The molecule has 336 valence electrons. The first-order valence-corrected chi connectivity index (χ1v) is 23.0. The minimum atomic E-state index is -5.14. The average Bonchev–Trinajstić information content (AvgIpc) is 3.20. The van der Waals surface area contributed by atoms with Crippen LogP contribution in [0.15, 0.2) is 48.6 Å². The summed E-state index contributed by atoms with van der Waals surface area (Å²) in [6.45, 7) is 3.04. The van der Waals surface area contributed by atoms with Gasteiger partial charge in [0.05, 0.1) is 12.7 Å². The molecule has 1 aliphatic rings. The van der Waals surface area contributed by atoms with Crippen LogP contribution in [0.25, 0.3) is 0 Å². The lowest BCUT2D eigenvalue weighted by Gasteiger charge is -2.41. The van der Waals surface area contributed by atoms with E-state index in [1.165, 1.54) is 25.7 Å². The van der Waals surface area contributed by atoms with Crippen LogP contribution in [-0.4, -0.2) is 110 Å². The number of esters is 2. The predicted octanol–water partition coefficient (Wildman–Crippen LogP) is 6.58. The van der Waals surface area contributed by atoms with Gasteiger partial charge in [-0.25, -0.2) is 4.57 Å². The highest BCUT2D eigenvalue weighted by Crippen LogP contribution is 2.47. The number of aliphatic hydroxyl groups is 6. The summed E-state index contributed by atoms with van der Waals surface area (Å²) >= 11 is 0. The molecular weight excluding hydrogens is 771 g/mol. The zero-order valence-corrected chi connectivity index (χ0v) is 35.8. The normalized spacial score (nSPS) is 23.5. The smallest absolute Gasteiger partial charge is 0.462 e. The van der Waals surface area contributed by atoms with E-state index in [2.05, 4.69) is 38.2 Å². The fraction of sp³-hybridized carbons (Fsp3) is 0.767. The van der Waals surface area contributed by atoms with Gasteiger partial charge < -0.3 is 45.0 Å². The first-order chi connectivity index (χ1) is 27.8. The summed E-state index contributed by atoms with van der Waals surface area (Å²) in [4.78, 5) is 35.6. The van der Waals surface area contributed by atoms with Crippen molar-refractivity contribution in [2.75, 3.05) is 13.2 Å². The largest absolute Gasteiger partial charge is 0.472 e. The summed E-state index contributed by atoms with van der Waals surface area (Å²) in [6, 6.07) is 0.